The lowest BCUT2D eigenvalue weighted by Gasteiger charge is -2.16. The molecule has 4 nitrogen and oxygen atoms in total. The summed E-state index contributed by atoms with van der Waals surface area (Å²) in [5, 5.41) is 0. The van der Waals surface area contributed by atoms with Gasteiger partial charge < -0.3 is 9.47 Å². The first kappa shape index (κ1) is 17.5. The molecule has 1 aromatic rings. The fourth-order valence-corrected chi connectivity index (χ4v) is 1.88. The zero-order chi connectivity index (χ0) is 16.2. The highest BCUT2D eigenvalue weighted by molar-refractivity contribution is 9.09. The molecule has 116 valence electrons. The number of hydrogen-bond donors (Lipinski definition) is 0. The van der Waals surface area contributed by atoms with Crippen LogP contribution in [0.3, 0.4) is 0 Å². The van der Waals surface area contributed by atoms with Crippen molar-refractivity contribution in [3.63, 3.8) is 0 Å². The number of halogens is 4. The third kappa shape index (κ3) is 5.04. The summed E-state index contributed by atoms with van der Waals surface area (Å²) in [6, 6.07) is 3.26. The van der Waals surface area contributed by atoms with Crippen LogP contribution < -0.4 is 4.74 Å². The SMILES string of the molecule is CCOC(=O)c1ccc(OC(F)(F)F)c(C(Br)C(C)=O)c1. The molecule has 0 fully saturated rings. The highest BCUT2D eigenvalue weighted by Gasteiger charge is 2.33. The van der Waals surface area contributed by atoms with Crippen LogP contribution in [-0.2, 0) is 9.53 Å². The molecule has 1 aromatic carbocycles. The van der Waals surface area contributed by atoms with Crippen LogP contribution >= 0.6 is 15.9 Å². The first-order chi connectivity index (χ1) is 9.65. The lowest BCUT2D eigenvalue weighted by molar-refractivity contribution is -0.274. The van der Waals surface area contributed by atoms with Crippen molar-refractivity contribution in [2.75, 3.05) is 6.61 Å². The Balaban J connectivity index is 3.26. The highest BCUT2D eigenvalue weighted by Crippen LogP contribution is 2.35. The zero-order valence-corrected chi connectivity index (χ0v) is 12.7. The Labute approximate surface area is 127 Å². The predicted molar refractivity (Wildman–Crippen MR) is 71.4 cm³/mol. The fourth-order valence-electron chi connectivity index (χ4n) is 1.52. The van der Waals surface area contributed by atoms with Crippen LogP contribution in [0.15, 0.2) is 18.2 Å². The highest BCUT2D eigenvalue weighted by atomic mass is 79.9. The van der Waals surface area contributed by atoms with Gasteiger partial charge in [-0.15, -0.1) is 13.2 Å². The second-order valence-corrected chi connectivity index (χ2v) is 4.91. The smallest absolute Gasteiger partial charge is 0.462 e. The average Bonchev–Trinajstić information content (AvgIpc) is 2.36. The normalized spacial score (nSPS) is 12.7. The third-order valence-electron chi connectivity index (χ3n) is 2.38. The monoisotopic (exact) mass is 368 g/mol. The molecule has 0 amide bonds. The van der Waals surface area contributed by atoms with E-state index in [1.54, 1.807) is 6.92 Å². The molecule has 1 rings (SSSR count). The summed E-state index contributed by atoms with van der Waals surface area (Å²) in [7, 11) is 0. The Hall–Kier alpha value is -1.57. The van der Waals surface area contributed by atoms with Crippen LogP contribution in [0.2, 0.25) is 0 Å². The van der Waals surface area contributed by atoms with Crippen molar-refractivity contribution in [3.05, 3.63) is 29.3 Å². The molecule has 0 radical (unpaired) electrons. The van der Waals surface area contributed by atoms with Crippen molar-refractivity contribution in [1.29, 1.82) is 0 Å². The number of rotatable bonds is 5. The van der Waals surface area contributed by atoms with Gasteiger partial charge in [0.15, 0.2) is 0 Å². The Morgan fingerprint density at radius 3 is 2.43 bits per heavy atom. The first-order valence-corrected chi connectivity index (χ1v) is 6.78. The van der Waals surface area contributed by atoms with E-state index in [0.29, 0.717) is 0 Å². The van der Waals surface area contributed by atoms with Gasteiger partial charge in [0, 0.05) is 5.56 Å². The van der Waals surface area contributed by atoms with Gasteiger partial charge in [-0.1, -0.05) is 15.9 Å². The maximum Gasteiger partial charge on any atom is 0.573 e. The van der Waals surface area contributed by atoms with E-state index in [4.69, 9.17) is 4.74 Å². The summed E-state index contributed by atoms with van der Waals surface area (Å²) in [5.41, 5.74) is -0.0579. The standard InChI is InChI=1S/C13H12BrF3O4/c1-3-20-12(19)8-4-5-10(21-13(15,16)17)9(6-8)11(14)7(2)18/h4-6,11H,3H2,1-2H3. The Morgan fingerprint density at radius 2 is 1.95 bits per heavy atom. The van der Waals surface area contributed by atoms with E-state index in [0.717, 1.165) is 18.2 Å². The van der Waals surface area contributed by atoms with Crippen LogP contribution in [0.5, 0.6) is 5.75 Å². The van der Waals surface area contributed by atoms with Gasteiger partial charge in [-0.3, -0.25) is 4.79 Å². The number of ketones is 1. The van der Waals surface area contributed by atoms with E-state index in [9.17, 15) is 22.8 Å². The third-order valence-corrected chi connectivity index (χ3v) is 3.51. The molecular weight excluding hydrogens is 357 g/mol. The second kappa shape index (κ2) is 6.93. The van der Waals surface area contributed by atoms with Gasteiger partial charge in [0.2, 0.25) is 0 Å². The number of Topliss-reactive ketones (excluding diaryl/α,β-unsaturated/α-hetero) is 1. The lowest BCUT2D eigenvalue weighted by atomic mass is 10.0. The number of hydrogen-bond acceptors (Lipinski definition) is 4. The van der Waals surface area contributed by atoms with Gasteiger partial charge in [0.05, 0.1) is 12.2 Å². The van der Waals surface area contributed by atoms with Gasteiger partial charge in [0.1, 0.15) is 16.4 Å². The molecule has 21 heavy (non-hydrogen) atoms. The number of carbonyl (C=O) groups excluding carboxylic acids is 2. The molecule has 0 spiro atoms. The molecule has 1 atom stereocenters. The molecule has 0 aliphatic carbocycles. The van der Waals surface area contributed by atoms with E-state index < -0.39 is 28.7 Å². The molecule has 0 bridgehead atoms. The van der Waals surface area contributed by atoms with Crippen LogP contribution in [0.1, 0.15) is 34.6 Å². The second-order valence-electron chi connectivity index (χ2n) is 3.99. The van der Waals surface area contributed by atoms with Gasteiger partial charge in [0.25, 0.3) is 0 Å². The Bertz CT molecular complexity index is 543. The molecule has 0 aromatic heterocycles. The lowest BCUT2D eigenvalue weighted by Crippen LogP contribution is -2.19. The quantitative estimate of drug-likeness (QED) is 0.586. The minimum atomic E-state index is -4.90. The molecule has 0 aliphatic rings. The average molecular weight is 369 g/mol. The summed E-state index contributed by atoms with van der Waals surface area (Å²) in [6.07, 6.45) is -4.90. The van der Waals surface area contributed by atoms with Gasteiger partial charge >= 0.3 is 12.3 Å². The summed E-state index contributed by atoms with van der Waals surface area (Å²) in [4.78, 5) is 21.9. The summed E-state index contributed by atoms with van der Waals surface area (Å²) in [5.74, 6) is -1.67. The number of esters is 1. The maximum absolute atomic E-state index is 12.4. The molecule has 0 saturated carbocycles. The van der Waals surface area contributed by atoms with Gasteiger partial charge in [-0.2, -0.15) is 0 Å². The molecule has 0 heterocycles. The fraction of sp³-hybridized carbons (Fsp3) is 0.385. The maximum atomic E-state index is 12.4. The first-order valence-electron chi connectivity index (χ1n) is 5.87. The van der Waals surface area contributed by atoms with Crippen molar-refractivity contribution in [1.82, 2.24) is 0 Å². The molecule has 0 N–H and O–H groups in total. The van der Waals surface area contributed by atoms with Crippen LogP contribution in [0.25, 0.3) is 0 Å². The van der Waals surface area contributed by atoms with E-state index in [1.165, 1.54) is 6.92 Å². The predicted octanol–water partition coefficient (Wildman–Crippen LogP) is 3.79. The van der Waals surface area contributed by atoms with E-state index in [1.807, 2.05) is 0 Å². The number of benzene rings is 1. The Kier molecular flexibility index (Phi) is 5.77. The molecule has 1 unspecified atom stereocenters. The van der Waals surface area contributed by atoms with Crippen molar-refractivity contribution in [3.8, 4) is 5.75 Å². The number of carbonyl (C=O) groups is 2. The largest absolute Gasteiger partial charge is 0.573 e. The topological polar surface area (TPSA) is 52.6 Å². The minimum Gasteiger partial charge on any atom is -0.462 e. The van der Waals surface area contributed by atoms with Crippen LogP contribution in [0, 0.1) is 0 Å². The van der Waals surface area contributed by atoms with Crippen molar-refractivity contribution in [2.24, 2.45) is 0 Å². The molecular formula is C13H12BrF3O4. The minimum absolute atomic E-state index is 0.0343. The summed E-state index contributed by atoms with van der Waals surface area (Å²) >= 11 is 2.98. The molecule has 8 heteroatoms. The molecule has 0 saturated heterocycles. The number of ether oxygens (including phenoxy) is 2. The van der Waals surface area contributed by atoms with E-state index >= 15 is 0 Å². The van der Waals surface area contributed by atoms with Gasteiger partial charge in [-0.05, 0) is 32.0 Å². The molecule has 0 aliphatic heterocycles. The summed E-state index contributed by atoms with van der Waals surface area (Å²) < 4.78 is 45.7. The van der Waals surface area contributed by atoms with Crippen molar-refractivity contribution >= 4 is 27.7 Å². The van der Waals surface area contributed by atoms with Crippen LogP contribution in [0.4, 0.5) is 13.2 Å². The van der Waals surface area contributed by atoms with Crippen LogP contribution in [-0.4, -0.2) is 24.7 Å². The number of alkyl halides is 4. The van der Waals surface area contributed by atoms with E-state index in [2.05, 4.69) is 20.7 Å². The Morgan fingerprint density at radius 1 is 1.33 bits per heavy atom. The zero-order valence-electron chi connectivity index (χ0n) is 11.2. The summed E-state index contributed by atoms with van der Waals surface area (Å²) in [6.45, 7) is 2.93. The van der Waals surface area contributed by atoms with Crippen molar-refractivity contribution < 1.29 is 32.2 Å². The van der Waals surface area contributed by atoms with E-state index in [-0.39, 0.29) is 17.7 Å². The van der Waals surface area contributed by atoms with Crippen molar-refractivity contribution in [2.45, 2.75) is 25.0 Å². The van der Waals surface area contributed by atoms with Gasteiger partial charge in [-0.25, -0.2) is 4.79 Å².